The van der Waals surface area contributed by atoms with Crippen LogP contribution in [0.25, 0.3) is 11.6 Å². The molecule has 0 aliphatic rings. The van der Waals surface area contributed by atoms with E-state index in [1.54, 1.807) is 36.4 Å². The predicted molar refractivity (Wildman–Crippen MR) is 107 cm³/mol. The van der Waals surface area contributed by atoms with Crippen LogP contribution >= 0.6 is 11.6 Å². The summed E-state index contributed by atoms with van der Waals surface area (Å²) < 4.78 is 6.60. The first-order chi connectivity index (χ1) is 13.6. The fourth-order valence-corrected chi connectivity index (χ4v) is 2.90. The van der Waals surface area contributed by atoms with Crippen molar-refractivity contribution in [3.05, 3.63) is 88.6 Å². The average molecular weight is 393 g/mol. The number of aromatic nitrogens is 3. The molecule has 7 heteroatoms. The summed E-state index contributed by atoms with van der Waals surface area (Å²) in [7, 11) is 0. The molecule has 4 aromatic rings. The normalized spacial score (nSPS) is 10.8. The van der Waals surface area contributed by atoms with Crippen molar-refractivity contribution in [2.45, 2.75) is 13.5 Å². The molecule has 0 unspecified atom stereocenters. The number of anilines is 1. The van der Waals surface area contributed by atoms with E-state index < -0.39 is 0 Å². The maximum Gasteiger partial charge on any atom is 0.281 e. The first-order valence-electron chi connectivity index (χ1n) is 8.71. The third-order valence-electron chi connectivity index (χ3n) is 4.18. The molecule has 0 spiro atoms. The highest BCUT2D eigenvalue weighted by Crippen LogP contribution is 2.21. The van der Waals surface area contributed by atoms with Crippen molar-refractivity contribution in [2.24, 2.45) is 0 Å². The van der Waals surface area contributed by atoms with E-state index in [0.717, 1.165) is 5.56 Å². The van der Waals surface area contributed by atoms with E-state index in [-0.39, 0.29) is 5.91 Å². The molecule has 0 bridgehead atoms. The number of nitrogens with zero attached hydrogens (tertiary/aromatic N) is 3. The highest BCUT2D eigenvalue weighted by Gasteiger charge is 2.20. The second kappa shape index (κ2) is 7.70. The molecule has 0 aliphatic heterocycles. The summed E-state index contributed by atoms with van der Waals surface area (Å²) in [5.74, 6) is 0.805. The van der Waals surface area contributed by atoms with Crippen LogP contribution in [0.5, 0.6) is 0 Å². The molecule has 0 amide bonds. The standard InChI is InChI=1S/C21H17ClN4O2/c1-14-7-9-15(10-8-14)13-23-21-24-19(18-6-3-11-28-18)25-26(21)20(27)16-4-2-5-17(22)12-16/h2-12H,13H2,1H3,(H,23,24,25). The summed E-state index contributed by atoms with van der Waals surface area (Å²) in [6.45, 7) is 2.53. The number of hydrogen-bond acceptors (Lipinski definition) is 5. The molecule has 0 aliphatic carbocycles. The van der Waals surface area contributed by atoms with Gasteiger partial charge in [0.2, 0.25) is 11.8 Å². The third-order valence-corrected chi connectivity index (χ3v) is 4.42. The summed E-state index contributed by atoms with van der Waals surface area (Å²) in [5, 5.41) is 8.01. The minimum Gasteiger partial charge on any atom is -0.461 e. The molecule has 0 saturated heterocycles. The van der Waals surface area contributed by atoms with Gasteiger partial charge in [-0.2, -0.15) is 9.67 Å². The number of carbonyl (C=O) groups is 1. The smallest absolute Gasteiger partial charge is 0.281 e. The van der Waals surface area contributed by atoms with Gasteiger partial charge < -0.3 is 9.73 Å². The van der Waals surface area contributed by atoms with Gasteiger partial charge in [-0.15, -0.1) is 5.10 Å². The molecule has 0 fully saturated rings. The molecule has 4 rings (SSSR count). The average Bonchev–Trinajstić information content (AvgIpc) is 3.37. The van der Waals surface area contributed by atoms with Crippen LogP contribution in [-0.2, 0) is 6.54 Å². The highest BCUT2D eigenvalue weighted by molar-refractivity contribution is 6.31. The zero-order chi connectivity index (χ0) is 19.5. The largest absolute Gasteiger partial charge is 0.461 e. The second-order valence-electron chi connectivity index (χ2n) is 6.30. The number of hydrogen-bond donors (Lipinski definition) is 1. The van der Waals surface area contributed by atoms with Crippen LogP contribution < -0.4 is 5.32 Å². The Labute approximate surface area is 166 Å². The summed E-state index contributed by atoms with van der Waals surface area (Å²) in [5.41, 5.74) is 2.67. The first-order valence-corrected chi connectivity index (χ1v) is 9.08. The molecule has 2 heterocycles. The predicted octanol–water partition coefficient (Wildman–Crippen LogP) is 4.80. The monoisotopic (exact) mass is 392 g/mol. The van der Waals surface area contributed by atoms with Gasteiger partial charge in [0.25, 0.3) is 5.91 Å². The van der Waals surface area contributed by atoms with E-state index in [1.807, 2.05) is 31.2 Å². The lowest BCUT2D eigenvalue weighted by atomic mass is 10.1. The van der Waals surface area contributed by atoms with Crippen LogP contribution in [0.4, 0.5) is 5.95 Å². The molecule has 2 aromatic heterocycles. The molecule has 140 valence electrons. The minimum atomic E-state index is -0.334. The van der Waals surface area contributed by atoms with Crippen LogP contribution in [0.1, 0.15) is 21.5 Å². The van der Waals surface area contributed by atoms with Crippen LogP contribution in [-0.4, -0.2) is 20.7 Å². The number of nitrogens with one attached hydrogen (secondary N) is 1. The van der Waals surface area contributed by atoms with E-state index >= 15 is 0 Å². The zero-order valence-electron chi connectivity index (χ0n) is 15.1. The SMILES string of the molecule is Cc1ccc(CNc2nc(-c3ccco3)nn2C(=O)c2cccc(Cl)c2)cc1. The highest BCUT2D eigenvalue weighted by atomic mass is 35.5. The van der Waals surface area contributed by atoms with E-state index in [1.165, 1.54) is 16.5 Å². The van der Waals surface area contributed by atoms with Crippen molar-refractivity contribution < 1.29 is 9.21 Å². The maximum atomic E-state index is 13.0. The fraction of sp³-hybridized carbons (Fsp3) is 0.0952. The number of aryl methyl sites for hydroxylation is 1. The number of carbonyl (C=O) groups excluding carboxylic acids is 1. The van der Waals surface area contributed by atoms with Gasteiger partial charge in [-0.3, -0.25) is 4.79 Å². The van der Waals surface area contributed by atoms with E-state index in [0.29, 0.717) is 34.7 Å². The van der Waals surface area contributed by atoms with Crippen molar-refractivity contribution in [1.29, 1.82) is 0 Å². The second-order valence-corrected chi connectivity index (χ2v) is 6.74. The number of rotatable bonds is 5. The number of benzene rings is 2. The summed E-state index contributed by atoms with van der Waals surface area (Å²) in [6.07, 6.45) is 1.54. The Hall–Kier alpha value is -3.38. The van der Waals surface area contributed by atoms with E-state index in [9.17, 15) is 4.79 Å². The molecule has 0 radical (unpaired) electrons. The Kier molecular flexibility index (Phi) is 4.95. The van der Waals surface area contributed by atoms with Gasteiger partial charge in [0.1, 0.15) is 0 Å². The van der Waals surface area contributed by atoms with Gasteiger partial charge >= 0.3 is 0 Å². The molecule has 6 nitrogen and oxygen atoms in total. The van der Waals surface area contributed by atoms with Crippen molar-refractivity contribution in [1.82, 2.24) is 14.8 Å². The molecule has 1 N–H and O–H groups in total. The lowest BCUT2D eigenvalue weighted by molar-refractivity contribution is 0.0947. The van der Waals surface area contributed by atoms with Crippen LogP contribution in [0.15, 0.2) is 71.3 Å². The minimum absolute atomic E-state index is 0.326. The summed E-state index contributed by atoms with van der Waals surface area (Å²) in [4.78, 5) is 17.4. The van der Waals surface area contributed by atoms with Crippen LogP contribution in [0.3, 0.4) is 0 Å². The van der Waals surface area contributed by atoms with Crippen molar-refractivity contribution in [2.75, 3.05) is 5.32 Å². The zero-order valence-corrected chi connectivity index (χ0v) is 15.8. The molecular weight excluding hydrogens is 376 g/mol. The van der Waals surface area contributed by atoms with E-state index in [2.05, 4.69) is 15.4 Å². The lowest BCUT2D eigenvalue weighted by Gasteiger charge is -2.08. The summed E-state index contributed by atoms with van der Waals surface area (Å²) in [6, 6.07) is 18.3. The first kappa shape index (κ1) is 18.0. The van der Waals surface area contributed by atoms with Gasteiger partial charge in [0.05, 0.1) is 6.26 Å². The Balaban J connectivity index is 1.67. The van der Waals surface area contributed by atoms with Gasteiger partial charge in [-0.25, -0.2) is 0 Å². The van der Waals surface area contributed by atoms with Gasteiger partial charge in [-0.1, -0.05) is 47.5 Å². The molecular formula is C21H17ClN4O2. The van der Waals surface area contributed by atoms with Crippen molar-refractivity contribution >= 4 is 23.5 Å². The molecule has 28 heavy (non-hydrogen) atoms. The number of furan rings is 1. The number of halogens is 1. The molecule has 2 aromatic carbocycles. The van der Waals surface area contributed by atoms with Crippen molar-refractivity contribution in [3.8, 4) is 11.6 Å². The Morgan fingerprint density at radius 3 is 2.68 bits per heavy atom. The Morgan fingerprint density at radius 1 is 1.14 bits per heavy atom. The fourth-order valence-electron chi connectivity index (χ4n) is 2.71. The third kappa shape index (κ3) is 3.82. The maximum absolute atomic E-state index is 13.0. The Bertz CT molecular complexity index is 1100. The van der Waals surface area contributed by atoms with Gasteiger partial charge in [0, 0.05) is 17.1 Å². The van der Waals surface area contributed by atoms with Crippen LogP contribution in [0.2, 0.25) is 5.02 Å². The molecule has 0 saturated carbocycles. The summed E-state index contributed by atoms with van der Waals surface area (Å²) >= 11 is 6.03. The van der Waals surface area contributed by atoms with Gasteiger partial charge in [0.15, 0.2) is 5.76 Å². The van der Waals surface area contributed by atoms with Gasteiger partial charge in [-0.05, 0) is 42.8 Å². The topological polar surface area (TPSA) is 73.0 Å². The molecule has 0 atom stereocenters. The lowest BCUT2D eigenvalue weighted by Crippen LogP contribution is -2.17. The van der Waals surface area contributed by atoms with E-state index in [4.69, 9.17) is 16.0 Å². The Morgan fingerprint density at radius 2 is 1.96 bits per heavy atom. The quantitative estimate of drug-likeness (QED) is 0.528. The van der Waals surface area contributed by atoms with Crippen molar-refractivity contribution in [3.63, 3.8) is 0 Å². The van der Waals surface area contributed by atoms with Crippen LogP contribution in [0, 0.1) is 6.92 Å².